The molecule has 8 heteroatoms. The Morgan fingerprint density at radius 2 is 1.81 bits per heavy atom. The van der Waals surface area contributed by atoms with Crippen molar-refractivity contribution in [3.8, 4) is 5.75 Å². The second-order valence-corrected chi connectivity index (χ2v) is 7.84. The highest BCUT2D eigenvalue weighted by Crippen LogP contribution is 2.19. The maximum Gasteiger partial charge on any atom is 0.306 e. The molecule has 0 aliphatic heterocycles. The van der Waals surface area contributed by atoms with Crippen LogP contribution < -0.4 is 10.1 Å². The molecular formula is C19H21NO6S. The number of aryl methyl sites for hydroxylation is 1. The molecule has 0 aliphatic carbocycles. The fourth-order valence-electron chi connectivity index (χ4n) is 2.37. The average molecular weight is 391 g/mol. The Labute approximate surface area is 158 Å². The van der Waals surface area contributed by atoms with Crippen molar-refractivity contribution in [2.24, 2.45) is 0 Å². The van der Waals surface area contributed by atoms with Crippen LogP contribution in [0.3, 0.4) is 0 Å². The maximum atomic E-state index is 11.9. The summed E-state index contributed by atoms with van der Waals surface area (Å²) in [5, 5.41) is 2.50. The number of hydrogen-bond acceptors (Lipinski definition) is 6. The van der Waals surface area contributed by atoms with Gasteiger partial charge in [0.25, 0.3) is 5.91 Å². The van der Waals surface area contributed by atoms with Crippen LogP contribution in [0.15, 0.2) is 53.4 Å². The fourth-order valence-corrected chi connectivity index (χ4v) is 3.03. The first kappa shape index (κ1) is 20.4. The topological polar surface area (TPSA) is 98.8 Å². The van der Waals surface area contributed by atoms with E-state index in [0.717, 1.165) is 11.8 Å². The van der Waals surface area contributed by atoms with Gasteiger partial charge in [-0.1, -0.05) is 24.3 Å². The highest BCUT2D eigenvalue weighted by Gasteiger charge is 2.12. The molecule has 2 aromatic carbocycles. The number of esters is 1. The minimum Gasteiger partial charge on any atom is -0.496 e. The van der Waals surface area contributed by atoms with Crippen LogP contribution in [0.25, 0.3) is 0 Å². The lowest BCUT2D eigenvalue weighted by molar-refractivity contribution is -0.147. The van der Waals surface area contributed by atoms with Gasteiger partial charge < -0.3 is 14.8 Å². The normalized spacial score (nSPS) is 10.9. The molecule has 0 saturated carbocycles. The molecule has 0 fully saturated rings. The number of benzene rings is 2. The van der Waals surface area contributed by atoms with Crippen LogP contribution in [-0.2, 0) is 30.6 Å². The van der Waals surface area contributed by atoms with Crippen LogP contribution in [0.1, 0.15) is 12.0 Å². The molecule has 0 unspecified atom stereocenters. The second-order valence-electron chi connectivity index (χ2n) is 5.82. The van der Waals surface area contributed by atoms with Crippen LogP contribution in [-0.4, -0.2) is 40.3 Å². The lowest BCUT2D eigenvalue weighted by Crippen LogP contribution is -2.21. The monoisotopic (exact) mass is 391 g/mol. The fraction of sp³-hybridized carbons (Fsp3) is 0.263. The van der Waals surface area contributed by atoms with Crippen molar-refractivity contribution in [1.82, 2.24) is 0 Å². The van der Waals surface area contributed by atoms with E-state index < -0.39 is 28.3 Å². The number of rotatable bonds is 8. The number of carbonyl (C=O) groups excluding carboxylic acids is 2. The summed E-state index contributed by atoms with van der Waals surface area (Å²) in [6, 6.07) is 13.2. The Morgan fingerprint density at radius 1 is 1.07 bits per heavy atom. The lowest BCUT2D eigenvalue weighted by atomic mass is 10.1. The van der Waals surface area contributed by atoms with Crippen molar-refractivity contribution >= 4 is 27.4 Å². The SMILES string of the molecule is COc1ccccc1CCC(=O)OCC(=O)Nc1cccc(S(C)(=O)=O)c1. The molecular weight excluding hydrogens is 370 g/mol. The summed E-state index contributed by atoms with van der Waals surface area (Å²) in [5.74, 6) is -0.374. The van der Waals surface area contributed by atoms with Crippen molar-refractivity contribution in [2.75, 3.05) is 25.3 Å². The zero-order valence-corrected chi connectivity index (χ0v) is 15.9. The van der Waals surface area contributed by atoms with Crippen LogP contribution in [0.2, 0.25) is 0 Å². The molecule has 0 saturated heterocycles. The van der Waals surface area contributed by atoms with Crippen LogP contribution in [0.4, 0.5) is 5.69 Å². The van der Waals surface area contributed by atoms with E-state index in [0.29, 0.717) is 17.9 Å². The van der Waals surface area contributed by atoms with Crippen LogP contribution in [0.5, 0.6) is 5.75 Å². The average Bonchev–Trinajstić information content (AvgIpc) is 2.64. The molecule has 27 heavy (non-hydrogen) atoms. The highest BCUT2D eigenvalue weighted by atomic mass is 32.2. The summed E-state index contributed by atoms with van der Waals surface area (Å²) < 4.78 is 33.2. The first-order valence-corrected chi connectivity index (χ1v) is 10.1. The number of nitrogens with one attached hydrogen (secondary N) is 1. The van der Waals surface area contributed by atoms with Gasteiger partial charge in [0.15, 0.2) is 16.4 Å². The van der Waals surface area contributed by atoms with Gasteiger partial charge in [-0.25, -0.2) is 8.42 Å². The summed E-state index contributed by atoms with van der Waals surface area (Å²) in [4.78, 5) is 23.8. The van der Waals surface area contributed by atoms with Gasteiger partial charge in [-0.15, -0.1) is 0 Å². The molecule has 1 amide bonds. The first-order chi connectivity index (χ1) is 12.8. The van der Waals surface area contributed by atoms with Crippen LogP contribution >= 0.6 is 0 Å². The molecule has 0 aliphatic rings. The van der Waals surface area contributed by atoms with Crippen molar-refractivity contribution in [1.29, 1.82) is 0 Å². The number of hydrogen-bond donors (Lipinski definition) is 1. The summed E-state index contributed by atoms with van der Waals surface area (Å²) in [6.07, 6.45) is 1.62. The molecule has 0 aromatic heterocycles. The smallest absolute Gasteiger partial charge is 0.306 e. The summed E-state index contributed by atoms with van der Waals surface area (Å²) in [7, 11) is -1.82. The second kappa shape index (κ2) is 9.18. The highest BCUT2D eigenvalue weighted by molar-refractivity contribution is 7.90. The third-order valence-corrected chi connectivity index (χ3v) is 4.81. The molecule has 0 spiro atoms. The summed E-state index contributed by atoms with van der Waals surface area (Å²) >= 11 is 0. The Bertz CT molecular complexity index is 923. The predicted molar refractivity (Wildman–Crippen MR) is 100 cm³/mol. The van der Waals surface area contributed by atoms with E-state index in [9.17, 15) is 18.0 Å². The quantitative estimate of drug-likeness (QED) is 0.693. The zero-order valence-electron chi connectivity index (χ0n) is 15.1. The van der Waals surface area contributed by atoms with E-state index >= 15 is 0 Å². The molecule has 0 atom stereocenters. The van der Waals surface area contributed by atoms with E-state index in [2.05, 4.69) is 5.32 Å². The van der Waals surface area contributed by atoms with Gasteiger partial charge in [0.1, 0.15) is 5.75 Å². The van der Waals surface area contributed by atoms with Crippen molar-refractivity contribution in [3.63, 3.8) is 0 Å². The standard InChI is InChI=1S/C19H21NO6S/c1-25-17-9-4-3-6-14(17)10-11-19(22)26-13-18(21)20-15-7-5-8-16(12-15)27(2,23)24/h3-9,12H,10-11,13H2,1-2H3,(H,20,21). The Kier molecular flexibility index (Phi) is 6.95. The third kappa shape index (κ3) is 6.41. The number of para-hydroxylation sites is 1. The minimum absolute atomic E-state index is 0.0918. The van der Waals surface area contributed by atoms with Gasteiger partial charge in [0, 0.05) is 18.4 Å². The van der Waals surface area contributed by atoms with Crippen molar-refractivity contribution in [3.05, 3.63) is 54.1 Å². The largest absolute Gasteiger partial charge is 0.496 e. The minimum atomic E-state index is -3.37. The van der Waals surface area contributed by atoms with E-state index in [1.54, 1.807) is 19.2 Å². The lowest BCUT2D eigenvalue weighted by Gasteiger charge is -2.09. The summed E-state index contributed by atoms with van der Waals surface area (Å²) in [6.45, 7) is -0.451. The first-order valence-electron chi connectivity index (χ1n) is 8.17. The zero-order chi connectivity index (χ0) is 19.9. The van der Waals surface area contributed by atoms with Gasteiger partial charge >= 0.3 is 5.97 Å². The van der Waals surface area contributed by atoms with E-state index in [1.165, 1.54) is 18.2 Å². The van der Waals surface area contributed by atoms with Crippen molar-refractivity contribution < 1.29 is 27.5 Å². The number of carbonyl (C=O) groups is 2. The number of methoxy groups -OCH3 is 1. The Morgan fingerprint density at radius 3 is 2.52 bits per heavy atom. The predicted octanol–water partition coefficient (Wildman–Crippen LogP) is 2.21. The van der Waals surface area contributed by atoms with E-state index in [1.807, 2.05) is 18.2 Å². The van der Waals surface area contributed by atoms with Crippen molar-refractivity contribution in [2.45, 2.75) is 17.7 Å². The molecule has 0 heterocycles. The molecule has 0 bridgehead atoms. The maximum absolute atomic E-state index is 11.9. The number of sulfone groups is 1. The Balaban J connectivity index is 1.82. The number of amides is 1. The van der Waals surface area contributed by atoms with Gasteiger partial charge in [-0.3, -0.25) is 9.59 Å². The van der Waals surface area contributed by atoms with Gasteiger partial charge in [0.05, 0.1) is 12.0 Å². The van der Waals surface area contributed by atoms with Gasteiger partial charge in [0.2, 0.25) is 0 Å². The number of ether oxygens (including phenoxy) is 2. The van der Waals surface area contributed by atoms with E-state index in [-0.39, 0.29) is 11.3 Å². The molecule has 144 valence electrons. The number of anilines is 1. The van der Waals surface area contributed by atoms with Gasteiger partial charge in [-0.2, -0.15) is 0 Å². The molecule has 1 N–H and O–H groups in total. The molecule has 7 nitrogen and oxygen atoms in total. The van der Waals surface area contributed by atoms with Crippen LogP contribution in [0, 0.1) is 0 Å². The Hall–Kier alpha value is -2.87. The molecule has 0 radical (unpaired) electrons. The molecule has 2 aromatic rings. The summed E-state index contributed by atoms with van der Waals surface area (Å²) in [5.41, 5.74) is 1.19. The molecule has 2 rings (SSSR count). The van der Waals surface area contributed by atoms with E-state index in [4.69, 9.17) is 9.47 Å². The van der Waals surface area contributed by atoms with Gasteiger partial charge in [-0.05, 0) is 36.2 Å². The third-order valence-electron chi connectivity index (χ3n) is 3.70.